The number of sulfonamides is 1. The summed E-state index contributed by atoms with van der Waals surface area (Å²) in [5.41, 5.74) is 2.36. The number of aryl methyl sites for hydroxylation is 1. The summed E-state index contributed by atoms with van der Waals surface area (Å²) in [6.07, 6.45) is 6.84. The fraction of sp³-hybridized carbons (Fsp3) is 0.538. The number of amidine groups is 1. The van der Waals surface area contributed by atoms with Crippen molar-refractivity contribution >= 4 is 33.5 Å². The average molecular weight is 736 g/mol. The van der Waals surface area contributed by atoms with Gasteiger partial charge >= 0.3 is 0 Å². The Morgan fingerprint density at radius 1 is 1.10 bits per heavy atom. The van der Waals surface area contributed by atoms with E-state index in [0.29, 0.717) is 41.9 Å². The second kappa shape index (κ2) is 17.2. The van der Waals surface area contributed by atoms with Crippen molar-refractivity contribution < 1.29 is 32.0 Å². The lowest BCUT2D eigenvalue weighted by Crippen LogP contribution is -2.50. The molecular formula is C39H53N5O7S. The number of rotatable bonds is 18. The third-order valence-electron chi connectivity index (χ3n) is 10.3. The number of hydrogen-bond acceptors (Lipinski definition) is 9. The maximum Gasteiger partial charge on any atom is 0.268 e. The summed E-state index contributed by atoms with van der Waals surface area (Å²) < 4.78 is 46.4. The molecule has 0 saturated heterocycles. The van der Waals surface area contributed by atoms with Gasteiger partial charge in [0.2, 0.25) is 5.91 Å². The lowest BCUT2D eigenvalue weighted by atomic mass is 9.95. The van der Waals surface area contributed by atoms with E-state index in [-0.39, 0.29) is 54.9 Å². The van der Waals surface area contributed by atoms with Crippen LogP contribution in [0.3, 0.4) is 0 Å². The molecule has 2 aromatic carbocycles. The fourth-order valence-electron chi connectivity index (χ4n) is 7.00. The highest BCUT2D eigenvalue weighted by Crippen LogP contribution is 2.36. The molecule has 1 aliphatic carbocycles. The first-order valence-electron chi connectivity index (χ1n) is 18.4. The van der Waals surface area contributed by atoms with Gasteiger partial charge in [0.05, 0.1) is 24.6 Å². The first-order chi connectivity index (χ1) is 25.0. The van der Waals surface area contributed by atoms with E-state index in [1.54, 1.807) is 43.0 Å². The summed E-state index contributed by atoms with van der Waals surface area (Å²) in [4.78, 5) is 34.1. The molecule has 0 bridgehead atoms. The van der Waals surface area contributed by atoms with Crippen molar-refractivity contribution in [2.24, 2.45) is 10.9 Å². The number of anilines is 1. The Kier molecular flexibility index (Phi) is 12.9. The first-order valence-corrected chi connectivity index (χ1v) is 19.9. The van der Waals surface area contributed by atoms with Gasteiger partial charge in [-0.25, -0.2) is 12.7 Å². The van der Waals surface area contributed by atoms with Crippen LogP contribution in [-0.4, -0.2) is 68.7 Å². The number of nitrogens with one attached hydrogen (secondary N) is 1. The topological polar surface area (TPSA) is 144 Å². The molecule has 13 heteroatoms. The first kappa shape index (κ1) is 39.1. The van der Waals surface area contributed by atoms with Gasteiger partial charge in [0.25, 0.3) is 15.9 Å². The lowest BCUT2D eigenvalue weighted by molar-refractivity contribution is -0.132. The third kappa shape index (κ3) is 8.11. The van der Waals surface area contributed by atoms with Crippen LogP contribution in [0.5, 0.6) is 0 Å². The van der Waals surface area contributed by atoms with Crippen LogP contribution in [0.2, 0.25) is 0 Å². The Bertz CT molecular complexity index is 1870. The van der Waals surface area contributed by atoms with Crippen molar-refractivity contribution in [1.29, 1.82) is 0 Å². The Morgan fingerprint density at radius 2 is 1.85 bits per heavy atom. The number of carbonyl (C=O) groups is 2. The van der Waals surface area contributed by atoms with Gasteiger partial charge in [-0.05, 0) is 69.2 Å². The minimum atomic E-state index is -4.18. The summed E-state index contributed by atoms with van der Waals surface area (Å²) in [6, 6.07) is 12.6. The predicted octanol–water partition coefficient (Wildman–Crippen LogP) is 6.68. The Morgan fingerprint density at radius 3 is 2.50 bits per heavy atom. The van der Waals surface area contributed by atoms with E-state index < -0.39 is 15.6 Å². The molecule has 5 rings (SSSR count). The van der Waals surface area contributed by atoms with Crippen LogP contribution in [0.4, 0.5) is 5.82 Å². The zero-order chi connectivity index (χ0) is 37.5. The molecule has 1 saturated carbocycles. The van der Waals surface area contributed by atoms with Gasteiger partial charge < -0.3 is 19.3 Å². The average Bonchev–Trinajstić information content (AvgIpc) is 3.87. The third-order valence-corrected chi connectivity index (χ3v) is 12.0. The molecule has 52 heavy (non-hydrogen) atoms. The van der Waals surface area contributed by atoms with Crippen LogP contribution in [0, 0.1) is 19.8 Å². The number of nitrogens with zero attached hydrogens (tertiary/aromatic N) is 4. The Hall–Kier alpha value is -4.07. The van der Waals surface area contributed by atoms with Crippen molar-refractivity contribution in [3.05, 3.63) is 64.9 Å². The summed E-state index contributed by atoms with van der Waals surface area (Å²) in [6.45, 7) is 10.3. The molecule has 2 aliphatic rings. The molecule has 12 nitrogen and oxygen atoms in total. The minimum absolute atomic E-state index is 0.00568. The van der Waals surface area contributed by atoms with E-state index in [4.69, 9.17) is 19.0 Å². The number of ether oxygens (including phenoxy) is 2. The highest BCUT2D eigenvalue weighted by atomic mass is 32.2. The number of aliphatic imine (C=N–C) groups is 1. The van der Waals surface area contributed by atoms with E-state index in [2.05, 4.69) is 17.4 Å². The molecule has 0 spiro atoms. The minimum Gasteiger partial charge on any atom is -0.377 e. The van der Waals surface area contributed by atoms with Gasteiger partial charge in [-0.3, -0.25) is 19.5 Å². The van der Waals surface area contributed by atoms with Gasteiger partial charge in [0.1, 0.15) is 18.3 Å². The van der Waals surface area contributed by atoms with Crippen LogP contribution in [0.1, 0.15) is 94.6 Å². The number of aromatic nitrogens is 1. The molecule has 0 radical (unpaired) electrons. The molecule has 1 N–H and O–H groups in total. The van der Waals surface area contributed by atoms with Crippen molar-refractivity contribution in [3.8, 4) is 11.1 Å². The second-order valence-electron chi connectivity index (χ2n) is 13.7. The number of hydrogen-bond donors (Lipinski definition) is 1. The van der Waals surface area contributed by atoms with Crippen LogP contribution >= 0.6 is 0 Å². The number of methoxy groups -OCH3 is 1. The van der Waals surface area contributed by atoms with Crippen LogP contribution in [0.15, 0.2) is 56.9 Å². The van der Waals surface area contributed by atoms with Crippen molar-refractivity contribution in [1.82, 2.24) is 15.4 Å². The molecule has 2 heterocycles. The zero-order valence-corrected chi connectivity index (χ0v) is 32.2. The van der Waals surface area contributed by atoms with Crippen LogP contribution < -0.4 is 9.62 Å². The summed E-state index contributed by atoms with van der Waals surface area (Å²) in [5, 5.41) is 7.12. The smallest absolute Gasteiger partial charge is 0.268 e. The summed E-state index contributed by atoms with van der Waals surface area (Å²) in [7, 11) is -2.75. The predicted molar refractivity (Wildman–Crippen MR) is 200 cm³/mol. The fourth-order valence-corrected chi connectivity index (χ4v) is 8.59. The number of amides is 2. The molecule has 1 aromatic heterocycles. The molecule has 1 atom stereocenters. The van der Waals surface area contributed by atoms with Gasteiger partial charge in [0.15, 0.2) is 11.4 Å². The van der Waals surface area contributed by atoms with E-state index in [0.717, 1.165) is 59.8 Å². The Balaban J connectivity index is 1.48. The SMILES string of the molecule is CCCCC1=NC(CC)(CNC(=O)C2CCCC2)C(=O)N1Cc1ccc(-c2ccccc2S(=O)(=O)N(COC)c2noc(C)c2C)c(COCC)c1. The van der Waals surface area contributed by atoms with Crippen molar-refractivity contribution in [2.75, 3.05) is 31.3 Å². The molecular weight excluding hydrogens is 683 g/mol. The highest BCUT2D eigenvalue weighted by Gasteiger charge is 2.47. The molecule has 282 valence electrons. The van der Waals surface area contributed by atoms with E-state index in [1.807, 2.05) is 32.0 Å². The lowest BCUT2D eigenvalue weighted by Gasteiger charge is -2.27. The van der Waals surface area contributed by atoms with Gasteiger partial charge in [-0.2, -0.15) is 0 Å². The standard InChI is InChI=1S/C39H53N5O7S/c1-7-10-19-35-41-39(8-2,25-40-37(45)30-15-11-12-16-30)38(46)43(35)23-29-20-21-32(31(22-29)24-50-9-3)33-17-13-14-18-34(33)52(47,48)44(26-49-6)36-27(4)28(5)51-42-36/h13-14,17-18,20-22,30H,7-12,15-16,19,23-26H2,1-6H3,(H,40,45). The van der Waals surface area contributed by atoms with Crippen LogP contribution in [-0.2, 0) is 42.2 Å². The van der Waals surface area contributed by atoms with Crippen molar-refractivity contribution in [3.63, 3.8) is 0 Å². The molecule has 1 fully saturated rings. The molecule has 3 aromatic rings. The number of unbranched alkanes of at least 4 members (excludes halogenated alkanes) is 1. The van der Waals surface area contributed by atoms with Crippen LogP contribution in [0.25, 0.3) is 11.1 Å². The normalized spacial score (nSPS) is 17.9. The molecule has 1 unspecified atom stereocenters. The van der Waals surface area contributed by atoms with Gasteiger partial charge in [-0.15, -0.1) is 0 Å². The van der Waals surface area contributed by atoms with Crippen molar-refractivity contribution in [2.45, 2.75) is 110 Å². The van der Waals surface area contributed by atoms with Gasteiger partial charge in [-0.1, -0.05) is 74.7 Å². The van der Waals surface area contributed by atoms with E-state index >= 15 is 0 Å². The van der Waals surface area contributed by atoms with E-state index in [9.17, 15) is 18.0 Å². The second-order valence-corrected chi connectivity index (χ2v) is 15.5. The molecule has 1 aliphatic heterocycles. The monoisotopic (exact) mass is 735 g/mol. The number of carbonyl (C=O) groups excluding carboxylic acids is 2. The summed E-state index contributed by atoms with van der Waals surface area (Å²) in [5.74, 6) is 1.31. The molecule has 2 amide bonds. The quantitative estimate of drug-likeness (QED) is 0.143. The Labute approximate surface area is 308 Å². The van der Waals surface area contributed by atoms with Gasteiger partial charge in [0, 0.05) is 37.2 Å². The summed E-state index contributed by atoms with van der Waals surface area (Å²) >= 11 is 0. The maximum atomic E-state index is 14.4. The zero-order valence-electron chi connectivity index (χ0n) is 31.4. The maximum absolute atomic E-state index is 14.4. The highest BCUT2D eigenvalue weighted by molar-refractivity contribution is 7.93. The van der Waals surface area contributed by atoms with E-state index in [1.165, 1.54) is 7.11 Å². The largest absolute Gasteiger partial charge is 0.377 e. The number of benzene rings is 2.